The summed E-state index contributed by atoms with van der Waals surface area (Å²) < 4.78 is 0. The fourth-order valence-corrected chi connectivity index (χ4v) is 3.98. The normalized spacial score (nSPS) is 15.6. The van der Waals surface area contributed by atoms with Gasteiger partial charge >= 0.3 is 0 Å². The summed E-state index contributed by atoms with van der Waals surface area (Å²) >= 11 is 0. The van der Waals surface area contributed by atoms with E-state index in [2.05, 4.69) is 20.3 Å². The van der Waals surface area contributed by atoms with Crippen LogP contribution in [-0.2, 0) is 11.3 Å². The molecule has 2 aromatic heterocycles. The number of carbonyl (C=O) groups excluding carboxylic acids is 2. The Morgan fingerprint density at radius 2 is 1.91 bits per heavy atom. The molecule has 3 aromatic rings. The van der Waals surface area contributed by atoms with E-state index in [4.69, 9.17) is 0 Å². The van der Waals surface area contributed by atoms with Crippen molar-refractivity contribution in [1.82, 2.24) is 24.8 Å². The lowest BCUT2D eigenvalue weighted by Gasteiger charge is -2.21. The molecule has 1 fully saturated rings. The van der Waals surface area contributed by atoms with Crippen LogP contribution >= 0.6 is 0 Å². The summed E-state index contributed by atoms with van der Waals surface area (Å²) in [7, 11) is 1.92. The van der Waals surface area contributed by atoms with Crippen LogP contribution in [0.4, 0.5) is 5.69 Å². The second-order valence-corrected chi connectivity index (χ2v) is 8.37. The van der Waals surface area contributed by atoms with Crippen molar-refractivity contribution in [2.24, 2.45) is 0 Å². The zero-order chi connectivity index (χ0) is 23.2. The number of nitrogens with one attached hydrogen (secondary N) is 1. The highest BCUT2D eigenvalue weighted by molar-refractivity contribution is 6.04. The fourth-order valence-electron chi connectivity index (χ4n) is 3.98. The highest BCUT2D eigenvalue weighted by atomic mass is 16.2. The highest BCUT2D eigenvalue weighted by Crippen LogP contribution is 2.25. The van der Waals surface area contributed by atoms with Crippen molar-refractivity contribution in [1.29, 1.82) is 0 Å². The highest BCUT2D eigenvalue weighted by Gasteiger charge is 2.30. The van der Waals surface area contributed by atoms with Crippen LogP contribution in [0.1, 0.15) is 39.9 Å². The van der Waals surface area contributed by atoms with Gasteiger partial charge in [0, 0.05) is 43.6 Å². The molecule has 0 bridgehead atoms. The number of pyridine rings is 1. The Bertz CT molecular complexity index is 1110. The summed E-state index contributed by atoms with van der Waals surface area (Å²) in [5.74, 6) is 0.608. The number of likely N-dealkylation sites (tertiary alicyclic amines) is 1. The van der Waals surface area contributed by atoms with Gasteiger partial charge < -0.3 is 10.2 Å². The number of carbonyl (C=O) groups is 2. The molecule has 2 amide bonds. The fraction of sp³-hybridized carbons (Fsp3) is 0.320. The molecule has 0 radical (unpaired) electrons. The second kappa shape index (κ2) is 10.3. The third kappa shape index (κ3) is 5.78. The molecule has 1 atom stereocenters. The number of aromatic nitrogens is 3. The summed E-state index contributed by atoms with van der Waals surface area (Å²) in [6.07, 6.45) is 4.15. The second-order valence-electron chi connectivity index (χ2n) is 8.37. The van der Waals surface area contributed by atoms with E-state index in [1.807, 2.05) is 72.3 Å². The summed E-state index contributed by atoms with van der Waals surface area (Å²) in [6, 6.07) is 15.1. The molecular formula is C25H28N6O2. The first-order chi connectivity index (χ1) is 16.0. The molecule has 1 N–H and O–H groups in total. The largest absolute Gasteiger partial charge is 0.341 e. The van der Waals surface area contributed by atoms with Crippen molar-refractivity contribution in [3.63, 3.8) is 0 Å². The zero-order valence-corrected chi connectivity index (χ0v) is 18.9. The van der Waals surface area contributed by atoms with Gasteiger partial charge in [-0.05, 0) is 44.7 Å². The molecule has 1 aromatic carbocycles. The van der Waals surface area contributed by atoms with Crippen LogP contribution in [0.25, 0.3) is 0 Å². The average Bonchev–Trinajstić information content (AvgIpc) is 3.31. The van der Waals surface area contributed by atoms with Crippen molar-refractivity contribution in [3.8, 4) is 0 Å². The molecule has 1 aliphatic rings. The Morgan fingerprint density at radius 3 is 2.64 bits per heavy atom. The standard InChI is InChI=1S/C25H28N6O2/c1-18-22(25(33)29-20-8-4-3-5-9-20)14-27-24(28-18)19-11-13-31(15-19)23(32)17-30(2)16-21-10-6-7-12-26-21/h3-10,12,14,19H,11,13,15-17H2,1-2H3,(H,29,33). The number of benzene rings is 1. The summed E-state index contributed by atoms with van der Waals surface area (Å²) in [5.41, 5.74) is 2.74. The van der Waals surface area contributed by atoms with E-state index in [1.165, 1.54) is 0 Å². The van der Waals surface area contributed by atoms with Crippen molar-refractivity contribution >= 4 is 17.5 Å². The van der Waals surface area contributed by atoms with Crippen molar-refractivity contribution < 1.29 is 9.59 Å². The number of likely N-dealkylation sites (N-methyl/N-ethyl adjacent to an activating group) is 1. The number of amides is 2. The van der Waals surface area contributed by atoms with Crippen LogP contribution in [-0.4, -0.2) is 63.2 Å². The van der Waals surface area contributed by atoms with E-state index in [0.29, 0.717) is 43.3 Å². The van der Waals surface area contributed by atoms with Crippen molar-refractivity contribution in [2.75, 3.05) is 32.0 Å². The maximum atomic E-state index is 12.8. The smallest absolute Gasteiger partial charge is 0.259 e. The molecule has 33 heavy (non-hydrogen) atoms. The molecule has 0 aliphatic carbocycles. The maximum Gasteiger partial charge on any atom is 0.259 e. The van der Waals surface area contributed by atoms with Crippen LogP contribution < -0.4 is 5.32 Å². The number of anilines is 1. The van der Waals surface area contributed by atoms with Gasteiger partial charge in [0.25, 0.3) is 5.91 Å². The van der Waals surface area contributed by atoms with Crippen molar-refractivity contribution in [3.05, 3.63) is 83.7 Å². The Labute approximate surface area is 193 Å². The molecule has 1 saturated heterocycles. The first kappa shape index (κ1) is 22.5. The van der Waals surface area contributed by atoms with Crippen LogP contribution in [0.3, 0.4) is 0 Å². The minimum Gasteiger partial charge on any atom is -0.341 e. The lowest BCUT2D eigenvalue weighted by Crippen LogP contribution is -2.37. The first-order valence-corrected chi connectivity index (χ1v) is 11.1. The number of rotatable bonds is 7. The van der Waals surface area contributed by atoms with Gasteiger partial charge in [-0.1, -0.05) is 24.3 Å². The van der Waals surface area contributed by atoms with Gasteiger partial charge in [-0.3, -0.25) is 19.5 Å². The summed E-state index contributed by atoms with van der Waals surface area (Å²) in [5, 5.41) is 2.86. The third-order valence-electron chi connectivity index (χ3n) is 5.74. The molecule has 0 spiro atoms. The molecule has 8 heteroatoms. The van der Waals surface area contributed by atoms with Crippen molar-refractivity contribution in [2.45, 2.75) is 25.8 Å². The minimum atomic E-state index is -0.232. The Hall–Kier alpha value is -3.65. The zero-order valence-electron chi connectivity index (χ0n) is 18.9. The van der Waals surface area contributed by atoms with Gasteiger partial charge in [0.1, 0.15) is 5.82 Å². The van der Waals surface area contributed by atoms with Crippen LogP contribution in [0, 0.1) is 6.92 Å². The lowest BCUT2D eigenvalue weighted by atomic mass is 10.1. The topological polar surface area (TPSA) is 91.3 Å². The number of nitrogens with zero attached hydrogens (tertiary/aromatic N) is 5. The molecule has 170 valence electrons. The SMILES string of the molecule is Cc1nc(C2CCN(C(=O)CN(C)Cc3ccccn3)C2)ncc1C(=O)Nc1ccccc1. The number of aryl methyl sites for hydroxylation is 1. The molecule has 8 nitrogen and oxygen atoms in total. The molecule has 0 saturated carbocycles. The number of para-hydroxylation sites is 1. The van der Waals surface area contributed by atoms with Gasteiger partial charge in [-0.15, -0.1) is 0 Å². The lowest BCUT2D eigenvalue weighted by molar-refractivity contribution is -0.131. The molecule has 3 heterocycles. The quantitative estimate of drug-likeness (QED) is 0.603. The summed E-state index contributed by atoms with van der Waals surface area (Å²) in [4.78, 5) is 42.6. The Balaban J connectivity index is 1.33. The molecule has 1 unspecified atom stereocenters. The minimum absolute atomic E-state index is 0.0694. The molecule has 1 aliphatic heterocycles. The Kier molecular flexibility index (Phi) is 7.04. The van der Waals surface area contributed by atoms with Gasteiger partial charge in [0.15, 0.2) is 0 Å². The van der Waals surface area contributed by atoms with E-state index in [1.54, 1.807) is 12.4 Å². The molecule has 4 rings (SSSR count). The monoisotopic (exact) mass is 444 g/mol. The van der Waals surface area contributed by atoms with Crippen LogP contribution in [0.5, 0.6) is 0 Å². The van der Waals surface area contributed by atoms with E-state index in [0.717, 1.165) is 17.8 Å². The average molecular weight is 445 g/mol. The predicted molar refractivity (Wildman–Crippen MR) is 126 cm³/mol. The number of hydrogen-bond donors (Lipinski definition) is 1. The summed E-state index contributed by atoms with van der Waals surface area (Å²) in [6.45, 7) is 4.04. The molecular weight excluding hydrogens is 416 g/mol. The first-order valence-electron chi connectivity index (χ1n) is 11.1. The third-order valence-corrected chi connectivity index (χ3v) is 5.74. The van der Waals surface area contributed by atoms with E-state index >= 15 is 0 Å². The van der Waals surface area contributed by atoms with E-state index in [-0.39, 0.29) is 17.7 Å². The van der Waals surface area contributed by atoms with Crippen LogP contribution in [0.2, 0.25) is 0 Å². The number of hydrogen-bond acceptors (Lipinski definition) is 6. The Morgan fingerprint density at radius 1 is 1.12 bits per heavy atom. The predicted octanol–water partition coefficient (Wildman–Crippen LogP) is 2.88. The van der Waals surface area contributed by atoms with Gasteiger partial charge in [-0.2, -0.15) is 0 Å². The van der Waals surface area contributed by atoms with Gasteiger partial charge in [0.05, 0.1) is 23.5 Å². The van der Waals surface area contributed by atoms with E-state index in [9.17, 15) is 9.59 Å². The van der Waals surface area contributed by atoms with Gasteiger partial charge in [0.2, 0.25) is 5.91 Å². The van der Waals surface area contributed by atoms with E-state index < -0.39 is 0 Å². The maximum absolute atomic E-state index is 12.8. The van der Waals surface area contributed by atoms with Gasteiger partial charge in [-0.25, -0.2) is 9.97 Å². The van der Waals surface area contributed by atoms with Crippen LogP contribution in [0.15, 0.2) is 60.9 Å².